The van der Waals surface area contributed by atoms with E-state index in [0.717, 1.165) is 28.8 Å². The Morgan fingerprint density at radius 3 is 3.15 bits per heavy atom. The predicted octanol–water partition coefficient (Wildman–Crippen LogP) is 1.86. The summed E-state index contributed by atoms with van der Waals surface area (Å²) in [5, 5.41) is 8.95. The molecule has 0 atom stereocenters. The standard InChI is InChI=1S/C13H15N5OS/c1-19-7-6-18-10-14-16-13(18)20-9-11-8-17-5-3-2-4-12(17)15-11/h2-5,8,10H,6-7,9H2,1H3. The van der Waals surface area contributed by atoms with Crippen molar-refractivity contribution in [2.75, 3.05) is 13.7 Å². The second kappa shape index (κ2) is 6.06. The second-order valence-electron chi connectivity index (χ2n) is 4.29. The van der Waals surface area contributed by atoms with Gasteiger partial charge in [0.05, 0.1) is 12.3 Å². The van der Waals surface area contributed by atoms with Crippen LogP contribution in [0.25, 0.3) is 5.65 Å². The van der Waals surface area contributed by atoms with Crippen molar-refractivity contribution in [3.63, 3.8) is 0 Å². The molecule has 3 heterocycles. The summed E-state index contributed by atoms with van der Waals surface area (Å²) >= 11 is 1.63. The van der Waals surface area contributed by atoms with Crippen molar-refractivity contribution < 1.29 is 4.74 Å². The van der Waals surface area contributed by atoms with Crippen LogP contribution < -0.4 is 0 Å². The van der Waals surface area contributed by atoms with E-state index in [9.17, 15) is 0 Å². The summed E-state index contributed by atoms with van der Waals surface area (Å²) < 4.78 is 9.08. The molecule has 6 nitrogen and oxygen atoms in total. The molecule has 0 amide bonds. The fourth-order valence-corrected chi connectivity index (χ4v) is 2.72. The van der Waals surface area contributed by atoms with E-state index in [1.807, 2.05) is 39.6 Å². The zero-order chi connectivity index (χ0) is 13.8. The maximum Gasteiger partial charge on any atom is 0.191 e. The predicted molar refractivity (Wildman–Crippen MR) is 76.7 cm³/mol. The van der Waals surface area contributed by atoms with Crippen LogP contribution in [0.5, 0.6) is 0 Å². The second-order valence-corrected chi connectivity index (χ2v) is 5.23. The van der Waals surface area contributed by atoms with E-state index in [0.29, 0.717) is 6.61 Å². The van der Waals surface area contributed by atoms with Crippen LogP contribution in [0.15, 0.2) is 42.1 Å². The number of hydrogen-bond donors (Lipinski definition) is 0. The molecule has 0 aliphatic rings. The maximum atomic E-state index is 5.07. The van der Waals surface area contributed by atoms with Crippen molar-refractivity contribution in [3.05, 3.63) is 42.6 Å². The third kappa shape index (κ3) is 2.83. The Balaban J connectivity index is 1.68. The van der Waals surface area contributed by atoms with E-state index in [2.05, 4.69) is 15.2 Å². The van der Waals surface area contributed by atoms with E-state index in [4.69, 9.17) is 4.74 Å². The maximum absolute atomic E-state index is 5.07. The Kier molecular flexibility index (Phi) is 3.98. The smallest absolute Gasteiger partial charge is 0.191 e. The molecular weight excluding hydrogens is 274 g/mol. The number of ether oxygens (including phenoxy) is 1. The lowest BCUT2D eigenvalue weighted by atomic mass is 10.5. The number of aromatic nitrogens is 5. The van der Waals surface area contributed by atoms with E-state index < -0.39 is 0 Å². The summed E-state index contributed by atoms with van der Waals surface area (Å²) in [5.74, 6) is 0.771. The first kappa shape index (κ1) is 13.1. The molecule has 0 aliphatic carbocycles. The highest BCUT2D eigenvalue weighted by Crippen LogP contribution is 2.20. The van der Waals surface area contributed by atoms with Crippen LogP contribution in [0.1, 0.15) is 5.69 Å². The van der Waals surface area contributed by atoms with E-state index >= 15 is 0 Å². The van der Waals surface area contributed by atoms with Crippen molar-refractivity contribution in [2.45, 2.75) is 17.5 Å². The number of hydrogen-bond acceptors (Lipinski definition) is 5. The number of imidazole rings is 1. The molecule has 0 aliphatic heterocycles. The molecule has 3 aromatic rings. The van der Waals surface area contributed by atoms with Crippen molar-refractivity contribution in [1.29, 1.82) is 0 Å². The average Bonchev–Trinajstić information content (AvgIpc) is 3.08. The fourth-order valence-electron chi connectivity index (χ4n) is 1.89. The SMILES string of the molecule is COCCn1cnnc1SCc1cn2ccccc2n1. The van der Waals surface area contributed by atoms with Gasteiger partial charge in [-0.1, -0.05) is 17.8 Å². The number of nitrogens with zero attached hydrogens (tertiary/aromatic N) is 5. The molecular formula is C13H15N5OS. The van der Waals surface area contributed by atoms with Gasteiger partial charge in [0.15, 0.2) is 5.16 Å². The first-order valence-corrected chi connectivity index (χ1v) is 7.27. The summed E-state index contributed by atoms with van der Waals surface area (Å²) in [5.41, 5.74) is 1.99. The molecule has 0 fully saturated rings. The summed E-state index contributed by atoms with van der Waals surface area (Å²) in [6, 6.07) is 5.98. The van der Waals surface area contributed by atoms with E-state index in [-0.39, 0.29) is 0 Å². The summed E-state index contributed by atoms with van der Waals surface area (Å²) in [4.78, 5) is 4.56. The summed E-state index contributed by atoms with van der Waals surface area (Å²) in [7, 11) is 1.69. The van der Waals surface area contributed by atoms with Gasteiger partial charge in [0.25, 0.3) is 0 Å². The Morgan fingerprint density at radius 1 is 1.35 bits per heavy atom. The first-order chi connectivity index (χ1) is 9.86. The molecule has 0 N–H and O–H groups in total. The molecule has 0 radical (unpaired) electrons. The minimum atomic E-state index is 0.653. The third-order valence-corrected chi connectivity index (χ3v) is 3.89. The normalized spacial score (nSPS) is 11.2. The van der Waals surface area contributed by atoms with Crippen molar-refractivity contribution in [3.8, 4) is 0 Å². The Labute approximate surface area is 120 Å². The highest BCUT2D eigenvalue weighted by Gasteiger charge is 2.07. The van der Waals surface area contributed by atoms with Crippen molar-refractivity contribution >= 4 is 17.4 Å². The molecule has 0 saturated heterocycles. The average molecular weight is 289 g/mol. The highest BCUT2D eigenvalue weighted by molar-refractivity contribution is 7.98. The molecule has 7 heteroatoms. The fraction of sp³-hybridized carbons (Fsp3) is 0.308. The topological polar surface area (TPSA) is 57.2 Å². The van der Waals surface area contributed by atoms with Crippen molar-refractivity contribution in [1.82, 2.24) is 24.1 Å². The highest BCUT2D eigenvalue weighted by atomic mass is 32.2. The third-order valence-electron chi connectivity index (χ3n) is 2.88. The van der Waals surface area contributed by atoms with Crippen LogP contribution >= 0.6 is 11.8 Å². The minimum absolute atomic E-state index is 0.653. The number of pyridine rings is 1. The summed E-state index contributed by atoms with van der Waals surface area (Å²) in [6.45, 7) is 1.41. The molecule has 0 spiro atoms. The monoisotopic (exact) mass is 289 g/mol. The van der Waals surface area contributed by atoms with E-state index in [1.54, 1.807) is 25.2 Å². The van der Waals surface area contributed by atoms with Crippen LogP contribution in [0.3, 0.4) is 0 Å². The molecule has 3 rings (SSSR count). The van der Waals surface area contributed by atoms with Gasteiger partial charge >= 0.3 is 0 Å². The van der Waals surface area contributed by atoms with Gasteiger partial charge in [-0.15, -0.1) is 10.2 Å². The Hall–Kier alpha value is -1.86. The largest absolute Gasteiger partial charge is 0.383 e. The Morgan fingerprint density at radius 2 is 2.30 bits per heavy atom. The van der Waals surface area contributed by atoms with Gasteiger partial charge in [0, 0.05) is 31.8 Å². The number of methoxy groups -OCH3 is 1. The zero-order valence-electron chi connectivity index (χ0n) is 11.1. The van der Waals surface area contributed by atoms with Crippen molar-refractivity contribution in [2.24, 2.45) is 0 Å². The quantitative estimate of drug-likeness (QED) is 0.648. The van der Waals surface area contributed by atoms with Gasteiger partial charge in [-0.05, 0) is 12.1 Å². The van der Waals surface area contributed by atoms with Gasteiger partial charge in [-0.3, -0.25) is 0 Å². The lowest BCUT2D eigenvalue weighted by Gasteiger charge is -2.04. The molecule has 0 saturated carbocycles. The van der Waals surface area contributed by atoms with Crippen LogP contribution in [0.4, 0.5) is 0 Å². The lowest BCUT2D eigenvalue weighted by Crippen LogP contribution is -2.04. The van der Waals surface area contributed by atoms with Gasteiger partial charge in [0.2, 0.25) is 0 Å². The molecule has 20 heavy (non-hydrogen) atoms. The summed E-state index contributed by atoms with van der Waals surface area (Å²) in [6.07, 6.45) is 5.76. The van der Waals surface area contributed by atoms with Crippen LogP contribution in [-0.4, -0.2) is 37.9 Å². The zero-order valence-corrected chi connectivity index (χ0v) is 12.0. The molecule has 0 unspecified atom stereocenters. The van der Waals surface area contributed by atoms with E-state index in [1.165, 1.54) is 0 Å². The molecule has 0 aromatic carbocycles. The first-order valence-electron chi connectivity index (χ1n) is 6.29. The van der Waals surface area contributed by atoms with Crippen LogP contribution in [0.2, 0.25) is 0 Å². The van der Waals surface area contributed by atoms with Crippen LogP contribution in [-0.2, 0) is 17.0 Å². The van der Waals surface area contributed by atoms with Gasteiger partial charge in [-0.25, -0.2) is 4.98 Å². The molecule has 0 bridgehead atoms. The minimum Gasteiger partial charge on any atom is -0.383 e. The van der Waals surface area contributed by atoms with Gasteiger partial charge in [-0.2, -0.15) is 0 Å². The molecule has 3 aromatic heterocycles. The molecule has 104 valence electrons. The Bertz CT molecular complexity index is 660. The number of thioether (sulfide) groups is 1. The van der Waals surface area contributed by atoms with Gasteiger partial charge in [0.1, 0.15) is 12.0 Å². The number of rotatable bonds is 6. The van der Waals surface area contributed by atoms with Gasteiger partial charge < -0.3 is 13.7 Å². The number of fused-ring (bicyclic) bond motifs is 1. The van der Waals surface area contributed by atoms with Crippen LogP contribution in [0, 0.1) is 0 Å². The lowest BCUT2D eigenvalue weighted by molar-refractivity contribution is 0.184.